The number of anilines is 2. The Kier molecular flexibility index (Phi) is 3.67. The Morgan fingerprint density at radius 3 is 2.20 bits per heavy atom. The van der Waals surface area contributed by atoms with Gasteiger partial charge in [-0.15, -0.1) is 0 Å². The number of benzene rings is 1. The third-order valence-corrected chi connectivity index (χ3v) is 4.60. The second-order valence-electron chi connectivity index (χ2n) is 4.81. The van der Waals surface area contributed by atoms with Crippen LogP contribution in [0, 0.1) is 20.8 Å². The van der Waals surface area contributed by atoms with Crippen molar-refractivity contribution in [2.24, 2.45) is 0 Å². The molecule has 0 aliphatic rings. The average Bonchev–Trinajstić information content (AvgIpc) is 2.30. The zero-order valence-electron chi connectivity index (χ0n) is 11.6. The number of aryl methyl sites for hydroxylation is 3. The number of nitrogen functional groups attached to an aromatic ring is 1. The molecular weight excluding hydrogens is 274 g/mol. The highest BCUT2D eigenvalue weighted by Gasteiger charge is 2.20. The van der Waals surface area contributed by atoms with E-state index < -0.39 is 10.0 Å². The maximum Gasteiger partial charge on any atom is 0.262 e. The molecule has 2 aromatic rings. The summed E-state index contributed by atoms with van der Waals surface area (Å²) in [6.45, 7) is 5.51. The number of nitrogens with two attached hydrogens (primary N) is 1. The van der Waals surface area contributed by atoms with Gasteiger partial charge in [0, 0.05) is 0 Å². The molecule has 0 aliphatic heterocycles. The molecule has 0 saturated carbocycles. The molecule has 20 heavy (non-hydrogen) atoms. The highest BCUT2D eigenvalue weighted by Crippen LogP contribution is 2.24. The number of pyridine rings is 1. The first-order chi connectivity index (χ1) is 9.29. The van der Waals surface area contributed by atoms with Crippen molar-refractivity contribution < 1.29 is 8.42 Å². The molecule has 3 N–H and O–H groups in total. The van der Waals surface area contributed by atoms with Crippen molar-refractivity contribution in [1.29, 1.82) is 0 Å². The Hall–Kier alpha value is -2.08. The molecule has 1 aromatic heterocycles. The fourth-order valence-corrected chi connectivity index (χ4v) is 3.76. The fourth-order valence-electron chi connectivity index (χ4n) is 2.26. The predicted octanol–water partition coefficient (Wildman–Crippen LogP) is 2.39. The van der Waals surface area contributed by atoms with E-state index in [0.29, 0.717) is 16.4 Å². The molecule has 106 valence electrons. The molecule has 0 aliphatic carbocycles. The van der Waals surface area contributed by atoms with Crippen LogP contribution in [0.1, 0.15) is 16.7 Å². The molecule has 0 atom stereocenters. The van der Waals surface area contributed by atoms with Crippen LogP contribution in [0.4, 0.5) is 11.5 Å². The first kappa shape index (κ1) is 14.3. The number of rotatable bonds is 3. The number of nitrogens with one attached hydrogen (secondary N) is 1. The van der Waals surface area contributed by atoms with Crippen LogP contribution < -0.4 is 10.5 Å². The van der Waals surface area contributed by atoms with Crippen molar-refractivity contribution in [2.75, 3.05) is 10.5 Å². The summed E-state index contributed by atoms with van der Waals surface area (Å²) in [5.74, 6) is 0.343. The Bertz CT molecular complexity index is 715. The molecule has 6 heteroatoms. The molecule has 0 saturated heterocycles. The molecule has 0 bridgehead atoms. The van der Waals surface area contributed by atoms with E-state index in [9.17, 15) is 8.42 Å². The molecule has 0 fully saturated rings. The normalized spacial score (nSPS) is 11.3. The summed E-state index contributed by atoms with van der Waals surface area (Å²) in [6, 6.07) is 6.83. The van der Waals surface area contributed by atoms with E-state index in [1.54, 1.807) is 26.0 Å². The molecule has 5 nitrogen and oxygen atoms in total. The number of aromatic nitrogens is 1. The van der Waals surface area contributed by atoms with Gasteiger partial charge in [-0.1, -0.05) is 17.7 Å². The quantitative estimate of drug-likeness (QED) is 0.909. The minimum Gasteiger partial charge on any atom is -0.384 e. The Morgan fingerprint density at radius 1 is 1.10 bits per heavy atom. The Morgan fingerprint density at radius 2 is 1.70 bits per heavy atom. The summed E-state index contributed by atoms with van der Waals surface area (Å²) in [5, 5.41) is 0. The molecular formula is C14H17N3O2S. The molecule has 0 spiro atoms. The average molecular weight is 291 g/mol. The van der Waals surface area contributed by atoms with Gasteiger partial charge in [0.1, 0.15) is 5.82 Å². The largest absolute Gasteiger partial charge is 0.384 e. The standard InChI is InChI=1S/C14H17N3O2S/c1-9-6-10(2)14(11(3)7-9)20(18,19)17-12-4-5-13(15)16-8-12/h4-8,17H,1-3H3,(H2,15,16). The predicted molar refractivity (Wildman–Crippen MR) is 80.1 cm³/mol. The maximum absolute atomic E-state index is 12.5. The van der Waals surface area contributed by atoms with E-state index >= 15 is 0 Å². The molecule has 0 radical (unpaired) electrons. The van der Waals surface area contributed by atoms with E-state index in [4.69, 9.17) is 5.73 Å². The monoisotopic (exact) mass is 291 g/mol. The van der Waals surface area contributed by atoms with Crippen molar-refractivity contribution in [2.45, 2.75) is 25.7 Å². The van der Waals surface area contributed by atoms with E-state index in [1.165, 1.54) is 6.20 Å². The highest BCUT2D eigenvalue weighted by atomic mass is 32.2. The van der Waals surface area contributed by atoms with Crippen LogP contribution in [-0.2, 0) is 10.0 Å². The van der Waals surface area contributed by atoms with E-state index in [2.05, 4.69) is 9.71 Å². The SMILES string of the molecule is Cc1cc(C)c(S(=O)(=O)Nc2ccc(N)nc2)c(C)c1. The second kappa shape index (κ2) is 5.13. The summed E-state index contributed by atoms with van der Waals surface area (Å²) < 4.78 is 27.5. The van der Waals surface area contributed by atoms with Crippen LogP contribution in [0.3, 0.4) is 0 Å². The van der Waals surface area contributed by atoms with Gasteiger partial charge in [-0.2, -0.15) is 0 Å². The topological polar surface area (TPSA) is 85.1 Å². The Balaban J connectivity index is 2.43. The number of hydrogen-bond acceptors (Lipinski definition) is 4. The molecule has 1 aromatic carbocycles. The van der Waals surface area contributed by atoms with Gasteiger partial charge in [-0.25, -0.2) is 13.4 Å². The molecule has 0 amide bonds. The smallest absolute Gasteiger partial charge is 0.262 e. The lowest BCUT2D eigenvalue weighted by Gasteiger charge is -2.13. The summed E-state index contributed by atoms with van der Waals surface area (Å²) >= 11 is 0. The number of nitrogens with zero attached hydrogens (tertiary/aromatic N) is 1. The van der Waals surface area contributed by atoms with Crippen LogP contribution in [0.2, 0.25) is 0 Å². The number of sulfonamides is 1. The van der Waals surface area contributed by atoms with Gasteiger partial charge in [-0.05, 0) is 44.0 Å². The van der Waals surface area contributed by atoms with Crippen molar-refractivity contribution in [3.05, 3.63) is 47.2 Å². The second-order valence-corrected chi connectivity index (χ2v) is 6.42. The van der Waals surface area contributed by atoms with E-state index in [0.717, 1.165) is 16.7 Å². The summed E-state index contributed by atoms with van der Waals surface area (Å²) in [5.41, 5.74) is 8.34. The van der Waals surface area contributed by atoms with Crippen molar-refractivity contribution in [3.8, 4) is 0 Å². The van der Waals surface area contributed by atoms with Gasteiger partial charge in [0.15, 0.2) is 0 Å². The van der Waals surface area contributed by atoms with Crippen LogP contribution in [-0.4, -0.2) is 13.4 Å². The fraction of sp³-hybridized carbons (Fsp3) is 0.214. The van der Waals surface area contributed by atoms with Gasteiger partial charge in [0.2, 0.25) is 0 Å². The number of hydrogen-bond donors (Lipinski definition) is 2. The molecule has 2 rings (SSSR count). The minimum absolute atomic E-state index is 0.305. The zero-order chi connectivity index (χ0) is 14.9. The van der Waals surface area contributed by atoms with Crippen LogP contribution in [0.5, 0.6) is 0 Å². The van der Waals surface area contributed by atoms with Gasteiger partial charge in [0.05, 0.1) is 16.8 Å². The summed E-state index contributed by atoms with van der Waals surface area (Å²) in [4.78, 5) is 4.17. The van der Waals surface area contributed by atoms with Crippen LogP contribution in [0.15, 0.2) is 35.4 Å². The van der Waals surface area contributed by atoms with Crippen molar-refractivity contribution in [3.63, 3.8) is 0 Å². The summed E-state index contributed by atoms with van der Waals surface area (Å²) in [7, 11) is -3.64. The minimum atomic E-state index is -3.64. The van der Waals surface area contributed by atoms with Crippen molar-refractivity contribution >= 4 is 21.5 Å². The van der Waals surface area contributed by atoms with E-state index in [1.807, 2.05) is 19.1 Å². The lowest BCUT2D eigenvalue weighted by molar-refractivity contribution is 0.600. The molecule has 1 heterocycles. The van der Waals surface area contributed by atoms with Gasteiger partial charge in [0.25, 0.3) is 10.0 Å². The maximum atomic E-state index is 12.5. The first-order valence-corrected chi connectivity index (χ1v) is 7.60. The third-order valence-electron chi connectivity index (χ3n) is 2.91. The van der Waals surface area contributed by atoms with Crippen molar-refractivity contribution in [1.82, 2.24) is 4.98 Å². The van der Waals surface area contributed by atoms with Crippen LogP contribution >= 0.6 is 0 Å². The van der Waals surface area contributed by atoms with Gasteiger partial charge < -0.3 is 5.73 Å². The van der Waals surface area contributed by atoms with Crippen LogP contribution in [0.25, 0.3) is 0 Å². The first-order valence-electron chi connectivity index (χ1n) is 6.12. The zero-order valence-corrected chi connectivity index (χ0v) is 12.5. The Labute approximate surface area is 118 Å². The highest BCUT2D eigenvalue weighted by molar-refractivity contribution is 7.92. The van der Waals surface area contributed by atoms with Gasteiger partial charge >= 0.3 is 0 Å². The van der Waals surface area contributed by atoms with Gasteiger partial charge in [-0.3, -0.25) is 4.72 Å². The molecule has 0 unspecified atom stereocenters. The third kappa shape index (κ3) is 2.91. The lowest BCUT2D eigenvalue weighted by Crippen LogP contribution is -2.16. The lowest BCUT2D eigenvalue weighted by atomic mass is 10.1. The van der Waals surface area contributed by atoms with E-state index in [-0.39, 0.29) is 0 Å². The summed E-state index contributed by atoms with van der Waals surface area (Å²) in [6.07, 6.45) is 1.39.